The third kappa shape index (κ3) is 3.78. The number of para-hydroxylation sites is 1. The Kier molecular flexibility index (Phi) is 4.24. The molecule has 0 atom stereocenters. The van der Waals surface area contributed by atoms with Crippen LogP contribution in [0.5, 0.6) is 5.75 Å². The molecule has 0 unspecified atom stereocenters. The minimum Gasteiger partial charge on any atom is -0.425 e. The highest BCUT2D eigenvalue weighted by Crippen LogP contribution is 2.17. The Morgan fingerprint density at radius 2 is 1.75 bits per heavy atom. The summed E-state index contributed by atoms with van der Waals surface area (Å²) in [5.74, 6) is -1.09. The van der Waals surface area contributed by atoms with Crippen molar-refractivity contribution in [2.75, 3.05) is 0 Å². The highest BCUT2D eigenvalue weighted by atomic mass is 19.1. The number of nitrogens with zero attached hydrogens (tertiary/aromatic N) is 2. The van der Waals surface area contributed by atoms with Crippen LogP contribution >= 0.6 is 0 Å². The maximum absolute atomic E-state index is 13.1. The quantitative estimate of drug-likeness (QED) is 0.396. The number of nitrogens with one attached hydrogen (secondary N) is 1. The SMILES string of the molecule is N#CNC(=Nc1cc(F)cc(F)c1)Oc1ccccc1. The van der Waals surface area contributed by atoms with Crippen LogP contribution in [0.2, 0.25) is 0 Å². The van der Waals surface area contributed by atoms with E-state index < -0.39 is 11.6 Å². The van der Waals surface area contributed by atoms with Gasteiger partial charge in [-0.25, -0.2) is 14.1 Å². The second-order valence-electron chi connectivity index (χ2n) is 3.70. The predicted molar refractivity (Wildman–Crippen MR) is 69.3 cm³/mol. The van der Waals surface area contributed by atoms with E-state index in [1.807, 2.05) is 0 Å². The largest absolute Gasteiger partial charge is 0.425 e. The Hall–Kier alpha value is -2.94. The van der Waals surface area contributed by atoms with Gasteiger partial charge in [-0.1, -0.05) is 18.2 Å². The summed E-state index contributed by atoms with van der Waals surface area (Å²) in [7, 11) is 0. The van der Waals surface area contributed by atoms with Gasteiger partial charge in [-0.2, -0.15) is 10.3 Å². The fourth-order valence-electron chi connectivity index (χ4n) is 1.45. The van der Waals surface area contributed by atoms with Crippen molar-refractivity contribution in [3.63, 3.8) is 0 Å². The lowest BCUT2D eigenvalue weighted by molar-refractivity contribution is 0.531. The summed E-state index contributed by atoms with van der Waals surface area (Å²) < 4.78 is 31.4. The summed E-state index contributed by atoms with van der Waals surface area (Å²) >= 11 is 0. The first-order valence-corrected chi connectivity index (χ1v) is 5.60. The molecule has 0 amide bonds. The van der Waals surface area contributed by atoms with Gasteiger partial charge in [0, 0.05) is 6.07 Å². The van der Waals surface area contributed by atoms with E-state index in [1.165, 1.54) is 0 Å². The van der Waals surface area contributed by atoms with Crippen LogP contribution in [0.25, 0.3) is 0 Å². The number of hydrogen-bond acceptors (Lipinski definition) is 3. The topological polar surface area (TPSA) is 57.4 Å². The number of amidine groups is 1. The molecule has 0 aliphatic rings. The molecule has 4 nitrogen and oxygen atoms in total. The molecule has 100 valence electrons. The van der Waals surface area contributed by atoms with E-state index in [0.717, 1.165) is 18.2 Å². The molecular weight excluding hydrogens is 264 g/mol. The molecule has 20 heavy (non-hydrogen) atoms. The fourth-order valence-corrected chi connectivity index (χ4v) is 1.45. The van der Waals surface area contributed by atoms with Crippen LogP contribution in [0.1, 0.15) is 0 Å². The number of nitriles is 1. The van der Waals surface area contributed by atoms with Gasteiger partial charge in [-0.15, -0.1) is 0 Å². The Morgan fingerprint density at radius 1 is 1.10 bits per heavy atom. The second kappa shape index (κ2) is 6.29. The minimum atomic E-state index is -0.764. The van der Waals surface area contributed by atoms with Crippen molar-refractivity contribution < 1.29 is 13.5 Å². The van der Waals surface area contributed by atoms with Gasteiger partial charge in [-0.05, 0) is 24.3 Å². The van der Waals surface area contributed by atoms with Gasteiger partial charge in [0.15, 0.2) is 6.19 Å². The Bertz CT molecular complexity index is 646. The van der Waals surface area contributed by atoms with Crippen molar-refractivity contribution in [3.8, 4) is 11.9 Å². The van der Waals surface area contributed by atoms with Crippen molar-refractivity contribution in [2.45, 2.75) is 0 Å². The number of benzene rings is 2. The molecule has 1 N–H and O–H groups in total. The Labute approximate surface area is 114 Å². The lowest BCUT2D eigenvalue weighted by atomic mass is 10.3. The molecule has 0 fully saturated rings. The van der Waals surface area contributed by atoms with Crippen LogP contribution in [0.4, 0.5) is 14.5 Å². The number of ether oxygens (including phenoxy) is 1. The van der Waals surface area contributed by atoms with E-state index in [1.54, 1.807) is 36.5 Å². The van der Waals surface area contributed by atoms with Crippen LogP contribution in [-0.4, -0.2) is 6.02 Å². The maximum atomic E-state index is 13.1. The third-order valence-corrected chi connectivity index (χ3v) is 2.20. The van der Waals surface area contributed by atoms with Crippen LogP contribution in [-0.2, 0) is 0 Å². The van der Waals surface area contributed by atoms with Gasteiger partial charge in [0.25, 0.3) is 0 Å². The first-order valence-electron chi connectivity index (χ1n) is 5.60. The lowest BCUT2D eigenvalue weighted by Crippen LogP contribution is -2.24. The van der Waals surface area contributed by atoms with Crippen LogP contribution in [0.3, 0.4) is 0 Å². The first kappa shape index (κ1) is 13.5. The highest BCUT2D eigenvalue weighted by Gasteiger charge is 2.05. The minimum absolute atomic E-state index is 0.00354. The molecule has 2 rings (SSSR count). The number of aliphatic imine (C=N–C) groups is 1. The molecule has 0 aliphatic heterocycles. The molecule has 2 aromatic carbocycles. The summed E-state index contributed by atoms with van der Waals surface area (Å²) in [5.41, 5.74) is -0.00354. The van der Waals surface area contributed by atoms with Crippen molar-refractivity contribution in [1.82, 2.24) is 5.32 Å². The van der Waals surface area contributed by atoms with Crippen LogP contribution in [0.15, 0.2) is 53.5 Å². The zero-order valence-electron chi connectivity index (χ0n) is 10.2. The second-order valence-corrected chi connectivity index (χ2v) is 3.70. The van der Waals surface area contributed by atoms with Crippen molar-refractivity contribution in [3.05, 3.63) is 60.2 Å². The molecular formula is C14H9F2N3O. The van der Waals surface area contributed by atoms with Crippen molar-refractivity contribution in [1.29, 1.82) is 5.26 Å². The van der Waals surface area contributed by atoms with Crippen LogP contribution < -0.4 is 10.1 Å². The molecule has 0 saturated heterocycles. The van der Waals surface area contributed by atoms with Crippen molar-refractivity contribution >= 4 is 11.7 Å². The zero-order chi connectivity index (χ0) is 14.4. The fraction of sp³-hybridized carbons (Fsp3) is 0. The predicted octanol–water partition coefficient (Wildman–Crippen LogP) is 3.10. The van der Waals surface area contributed by atoms with E-state index >= 15 is 0 Å². The smallest absolute Gasteiger partial charge is 0.309 e. The van der Waals surface area contributed by atoms with Gasteiger partial charge in [0.2, 0.25) is 0 Å². The third-order valence-electron chi connectivity index (χ3n) is 2.20. The summed E-state index contributed by atoms with van der Waals surface area (Å²) in [6.07, 6.45) is 1.64. The zero-order valence-corrected chi connectivity index (χ0v) is 10.2. The summed E-state index contributed by atoms with van der Waals surface area (Å²) in [5, 5.41) is 10.8. The highest BCUT2D eigenvalue weighted by molar-refractivity contribution is 5.80. The lowest BCUT2D eigenvalue weighted by Gasteiger charge is -2.06. The monoisotopic (exact) mass is 273 g/mol. The van der Waals surface area contributed by atoms with Gasteiger partial charge < -0.3 is 4.74 Å². The molecule has 0 bridgehead atoms. The van der Waals surface area contributed by atoms with Crippen LogP contribution in [0, 0.1) is 23.1 Å². The molecule has 0 saturated carbocycles. The normalized spacial score (nSPS) is 10.8. The van der Waals surface area contributed by atoms with E-state index in [2.05, 4.69) is 10.3 Å². The Morgan fingerprint density at radius 3 is 2.35 bits per heavy atom. The van der Waals surface area contributed by atoms with E-state index in [0.29, 0.717) is 5.75 Å². The summed E-state index contributed by atoms with van der Waals surface area (Å²) in [6.45, 7) is 0. The number of rotatable bonds is 2. The van der Waals surface area contributed by atoms with Gasteiger partial charge in [-0.3, -0.25) is 0 Å². The first-order chi connectivity index (χ1) is 9.67. The van der Waals surface area contributed by atoms with Crippen molar-refractivity contribution in [2.24, 2.45) is 4.99 Å². The number of hydrogen-bond donors (Lipinski definition) is 1. The molecule has 0 spiro atoms. The Balaban J connectivity index is 2.28. The molecule has 0 aliphatic carbocycles. The van der Waals surface area contributed by atoms with Gasteiger partial charge in [0.05, 0.1) is 5.69 Å². The average molecular weight is 273 g/mol. The van der Waals surface area contributed by atoms with E-state index in [4.69, 9.17) is 10.00 Å². The summed E-state index contributed by atoms with van der Waals surface area (Å²) in [6, 6.07) is 11.2. The van der Waals surface area contributed by atoms with Gasteiger partial charge in [0.1, 0.15) is 17.4 Å². The average Bonchev–Trinajstić information content (AvgIpc) is 2.39. The molecule has 0 aromatic heterocycles. The van der Waals surface area contributed by atoms with E-state index in [9.17, 15) is 8.78 Å². The standard InChI is InChI=1S/C14H9F2N3O/c15-10-6-11(16)8-12(7-10)19-14(18-9-17)20-13-4-2-1-3-5-13/h1-8H,(H,18,19). The molecule has 2 aromatic rings. The summed E-state index contributed by atoms with van der Waals surface area (Å²) in [4.78, 5) is 3.85. The van der Waals surface area contributed by atoms with E-state index in [-0.39, 0.29) is 11.7 Å². The van der Waals surface area contributed by atoms with Gasteiger partial charge >= 0.3 is 6.02 Å². The molecule has 0 radical (unpaired) electrons. The molecule has 0 heterocycles. The molecule has 6 heteroatoms. The maximum Gasteiger partial charge on any atom is 0.309 e. The number of halogens is 2.